The molecule has 2 heteroatoms. The molecule has 0 radical (unpaired) electrons. The third-order valence-corrected chi connectivity index (χ3v) is 1.58. The van der Waals surface area contributed by atoms with Gasteiger partial charge < -0.3 is 0 Å². The normalized spacial score (nSPS) is 11.2. The Hall–Kier alpha value is -1.18. The van der Waals surface area contributed by atoms with Gasteiger partial charge in [0.2, 0.25) is 0 Å². The van der Waals surface area contributed by atoms with Crippen LogP contribution in [0.25, 0.3) is 0 Å². The molecule has 0 aliphatic carbocycles. The Balaban J connectivity index is 3.66. The largest absolute Gasteiger partial charge is 0.295 e. The van der Waals surface area contributed by atoms with Crippen LogP contribution in [0.2, 0.25) is 0 Å². The Morgan fingerprint density at radius 1 is 0.923 bits per heavy atom. The summed E-state index contributed by atoms with van der Waals surface area (Å²) >= 11 is 0. The molecule has 0 aliphatic rings. The molecule has 2 nitrogen and oxygen atoms in total. The smallest absolute Gasteiger partial charge is 0.155 e. The van der Waals surface area contributed by atoms with E-state index in [2.05, 4.69) is 0 Å². The Kier molecular flexibility index (Phi) is 6.79. The van der Waals surface area contributed by atoms with Crippen molar-refractivity contribution < 1.29 is 9.59 Å². The second kappa shape index (κ2) is 7.47. The van der Waals surface area contributed by atoms with E-state index in [1.165, 1.54) is 0 Å². The van der Waals surface area contributed by atoms with Crippen molar-refractivity contribution in [2.75, 3.05) is 0 Å². The van der Waals surface area contributed by atoms with Crippen molar-refractivity contribution in [2.45, 2.75) is 33.1 Å². The molecule has 0 saturated heterocycles. The van der Waals surface area contributed by atoms with E-state index in [1.807, 2.05) is 13.8 Å². The minimum Gasteiger partial charge on any atom is -0.295 e. The predicted octanol–water partition coefficient (Wildman–Crippen LogP) is 2.45. The van der Waals surface area contributed by atoms with E-state index in [0.717, 1.165) is 0 Å². The fourth-order valence-electron chi connectivity index (χ4n) is 0.713. The highest BCUT2D eigenvalue weighted by atomic mass is 16.1. The van der Waals surface area contributed by atoms with Crippen molar-refractivity contribution in [1.29, 1.82) is 0 Å². The highest BCUT2D eigenvalue weighted by molar-refractivity contribution is 5.90. The van der Waals surface area contributed by atoms with Gasteiger partial charge in [-0.15, -0.1) is 0 Å². The molecular weight excluding hydrogens is 164 g/mol. The maximum absolute atomic E-state index is 10.8. The Bertz CT molecular complexity index is 200. The SMILES string of the molecule is CCC(=O)/C=C/C/C=C/C(=O)CC. The highest BCUT2D eigenvalue weighted by Gasteiger charge is 1.88. The van der Waals surface area contributed by atoms with Crippen LogP contribution in [0.5, 0.6) is 0 Å². The van der Waals surface area contributed by atoms with E-state index in [1.54, 1.807) is 24.3 Å². The van der Waals surface area contributed by atoms with Crippen molar-refractivity contribution >= 4 is 11.6 Å². The molecule has 0 aromatic heterocycles. The number of carbonyl (C=O) groups is 2. The van der Waals surface area contributed by atoms with Crippen LogP contribution >= 0.6 is 0 Å². The van der Waals surface area contributed by atoms with Crippen LogP contribution in [0, 0.1) is 0 Å². The van der Waals surface area contributed by atoms with Crippen molar-refractivity contribution in [3.05, 3.63) is 24.3 Å². The molecule has 0 unspecified atom stereocenters. The zero-order chi connectivity index (χ0) is 10.1. The molecule has 0 N–H and O–H groups in total. The number of hydrogen-bond acceptors (Lipinski definition) is 2. The predicted molar refractivity (Wildman–Crippen MR) is 53.5 cm³/mol. The Morgan fingerprint density at radius 2 is 1.31 bits per heavy atom. The number of carbonyl (C=O) groups excluding carboxylic acids is 2. The Labute approximate surface area is 79.3 Å². The topological polar surface area (TPSA) is 34.1 Å². The van der Waals surface area contributed by atoms with Gasteiger partial charge in [-0.2, -0.15) is 0 Å². The molecule has 0 saturated carbocycles. The summed E-state index contributed by atoms with van der Waals surface area (Å²) in [5, 5.41) is 0. The van der Waals surface area contributed by atoms with E-state index in [-0.39, 0.29) is 11.6 Å². The van der Waals surface area contributed by atoms with Gasteiger partial charge >= 0.3 is 0 Å². The summed E-state index contributed by atoms with van der Waals surface area (Å²) in [5.74, 6) is 0.241. The summed E-state index contributed by atoms with van der Waals surface area (Å²) in [7, 11) is 0. The lowest BCUT2D eigenvalue weighted by Crippen LogP contribution is -1.87. The fraction of sp³-hybridized carbons (Fsp3) is 0.455. The van der Waals surface area contributed by atoms with Gasteiger partial charge in [0.1, 0.15) is 0 Å². The summed E-state index contributed by atoms with van der Waals surface area (Å²) in [6.45, 7) is 3.65. The lowest BCUT2D eigenvalue weighted by Gasteiger charge is -1.85. The van der Waals surface area contributed by atoms with Gasteiger partial charge in [0.05, 0.1) is 0 Å². The maximum atomic E-state index is 10.8. The van der Waals surface area contributed by atoms with Gasteiger partial charge in [0, 0.05) is 12.8 Å². The first-order valence-corrected chi connectivity index (χ1v) is 4.59. The number of hydrogen-bond donors (Lipinski definition) is 0. The summed E-state index contributed by atoms with van der Waals surface area (Å²) in [6.07, 6.45) is 8.37. The van der Waals surface area contributed by atoms with Gasteiger partial charge in [-0.25, -0.2) is 0 Å². The maximum Gasteiger partial charge on any atom is 0.155 e. The average molecular weight is 180 g/mol. The number of allylic oxidation sites excluding steroid dienone is 4. The van der Waals surface area contributed by atoms with Crippen LogP contribution in [0.15, 0.2) is 24.3 Å². The highest BCUT2D eigenvalue weighted by Crippen LogP contribution is 1.91. The minimum absolute atomic E-state index is 0.121. The first kappa shape index (κ1) is 11.8. The molecule has 0 rings (SSSR count). The molecule has 72 valence electrons. The molecule has 0 atom stereocenters. The zero-order valence-electron chi connectivity index (χ0n) is 8.25. The third-order valence-electron chi connectivity index (χ3n) is 1.58. The molecule has 0 aromatic carbocycles. The van der Waals surface area contributed by atoms with Crippen LogP contribution in [0.1, 0.15) is 33.1 Å². The summed E-state index contributed by atoms with van der Waals surface area (Å²) in [6, 6.07) is 0. The number of rotatable bonds is 6. The minimum atomic E-state index is 0.121. The van der Waals surface area contributed by atoms with Crippen molar-refractivity contribution in [3.63, 3.8) is 0 Å². The van der Waals surface area contributed by atoms with Gasteiger partial charge in [0.15, 0.2) is 11.6 Å². The van der Waals surface area contributed by atoms with E-state index in [4.69, 9.17) is 0 Å². The van der Waals surface area contributed by atoms with Crippen LogP contribution in [-0.2, 0) is 9.59 Å². The second-order valence-electron chi connectivity index (χ2n) is 2.68. The molecule has 0 amide bonds. The molecule has 13 heavy (non-hydrogen) atoms. The molecule has 0 aliphatic heterocycles. The average Bonchev–Trinajstić information content (AvgIpc) is 2.16. The zero-order valence-corrected chi connectivity index (χ0v) is 8.25. The quantitative estimate of drug-likeness (QED) is 0.588. The standard InChI is InChI=1S/C11H16O2/c1-3-10(12)8-6-5-7-9-11(13)4-2/h6-9H,3-5H2,1-2H3/b8-6+,9-7+. The first-order chi connectivity index (χ1) is 6.20. The van der Waals surface area contributed by atoms with Crippen molar-refractivity contribution in [2.24, 2.45) is 0 Å². The molecule has 0 bridgehead atoms. The monoisotopic (exact) mass is 180 g/mol. The molecule has 0 aromatic rings. The lowest BCUT2D eigenvalue weighted by atomic mass is 10.2. The van der Waals surface area contributed by atoms with E-state index in [0.29, 0.717) is 19.3 Å². The van der Waals surface area contributed by atoms with E-state index < -0.39 is 0 Å². The van der Waals surface area contributed by atoms with Crippen molar-refractivity contribution in [1.82, 2.24) is 0 Å². The fourth-order valence-corrected chi connectivity index (χ4v) is 0.713. The Morgan fingerprint density at radius 3 is 1.62 bits per heavy atom. The van der Waals surface area contributed by atoms with Crippen LogP contribution in [-0.4, -0.2) is 11.6 Å². The van der Waals surface area contributed by atoms with Crippen LogP contribution in [0.3, 0.4) is 0 Å². The third kappa shape index (κ3) is 7.19. The molecule has 0 heterocycles. The van der Waals surface area contributed by atoms with E-state index >= 15 is 0 Å². The lowest BCUT2D eigenvalue weighted by molar-refractivity contribution is -0.115. The second-order valence-corrected chi connectivity index (χ2v) is 2.68. The first-order valence-electron chi connectivity index (χ1n) is 4.59. The number of ketones is 2. The van der Waals surface area contributed by atoms with Crippen molar-refractivity contribution in [3.8, 4) is 0 Å². The van der Waals surface area contributed by atoms with Gasteiger partial charge in [0.25, 0.3) is 0 Å². The van der Waals surface area contributed by atoms with Crippen LogP contribution < -0.4 is 0 Å². The summed E-state index contributed by atoms with van der Waals surface area (Å²) in [5.41, 5.74) is 0. The van der Waals surface area contributed by atoms with Gasteiger partial charge in [-0.1, -0.05) is 26.0 Å². The molecule has 0 spiro atoms. The van der Waals surface area contributed by atoms with Crippen LogP contribution in [0.4, 0.5) is 0 Å². The van der Waals surface area contributed by atoms with E-state index in [9.17, 15) is 9.59 Å². The molecule has 0 fully saturated rings. The molecular formula is C11H16O2. The summed E-state index contributed by atoms with van der Waals surface area (Å²) < 4.78 is 0. The summed E-state index contributed by atoms with van der Waals surface area (Å²) in [4.78, 5) is 21.6. The van der Waals surface area contributed by atoms with Gasteiger partial charge in [-0.05, 0) is 18.6 Å². The van der Waals surface area contributed by atoms with Gasteiger partial charge in [-0.3, -0.25) is 9.59 Å².